The quantitative estimate of drug-likeness (QED) is 0.628. The normalized spacial score (nSPS) is 21.4. The summed E-state index contributed by atoms with van der Waals surface area (Å²) < 4.78 is 10.4. The molecule has 0 amide bonds. The fourth-order valence-corrected chi connectivity index (χ4v) is 5.65. The minimum atomic E-state index is 0.334. The standard InChI is InChI=1S/C19H21BrN2OS/c20-12-6-7-16-14(10-12)17-15(11-19(16)8-9-19)18(21-23-17)22-24-13-4-2-1-3-5-13/h6-7,10,13H,1-5,8-9,11H2,(H,21,22). The van der Waals surface area contributed by atoms with Crippen molar-refractivity contribution in [3.63, 3.8) is 0 Å². The third-order valence-electron chi connectivity index (χ3n) is 5.83. The van der Waals surface area contributed by atoms with Crippen LogP contribution in [0.1, 0.15) is 56.1 Å². The van der Waals surface area contributed by atoms with Gasteiger partial charge >= 0.3 is 0 Å². The zero-order valence-corrected chi connectivity index (χ0v) is 16.0. The molecule has 3 aliphatic carbocycles. The lowest BCUT2D eigenvalue weighted by Gasteiger charge is -2.25. The molecular formula is C19H21BrN2OS. The molecule has 2 aromatic rings. The highest BCUT2D eigenvalue weighted by Crippen LogP contribution is 2.58. The summed E-state index contributed by atoms with van der Waals surface area (Å²) in [6.07, 6.45) is 10.4. The molecule has 0 atom stereocenters. The summed E-state index contributed by atoms with van der Waals surface area (Å²) >= 11 is 5.46. The second kappa shape index (κ2) is 5.80. The monoisotopic (exact) mass is 404 g/mol. The molecule has 1 N–H and O–H groups in total. The molecule has 1 aromatic heterocycles. The highest BCUT2D eigenvalue weighted by Gasteiger charge is 2.50. The second-order valence-electron chi connectivity index (χ2n) is 7.47. The van der Waals surface area contributed by atoms with Crippen molar-refractivity contribution in [3.05, 3.63) is 33.8 Å². The van der Waals surface area contributed by atoms with Crippen molar-refractivity contribution >= 4 is 33.7 Å². The molecule has 126 valence electrons. The summed E-state index contributed by atoms with van der Waals surface area (Å²) in [5.74, 6) is 1.92. The van der Waals surface area contributed by atoms with Crippen molar-refractivity contribution < 1.29 is 4.52 Å². The third-order valence-corrected chi connectivity index (χ3v) is 7.44. The molecule has 2 fully saturated rings. The Hall–Kier alpha value is -0.940. The Labute approximate surface area is 155 Å². The van der Waals surface area contributed by atoms with Gasteiger partial charge in [0, 0.05) is 26.3 Å². The topological polar surface area (TPSA) is 38.1 Å². The maximum Gasteiger partial charge on any atom is 0.183 e. The number of nitrogens with one attached hydrogen (secondary N) is 1. The van der Waals surface area contributed by atoms with Crippen LogP contribution in [-0.2, 0) is 11.8 Å². The molecule has 2 saturated carbocycles. The van der Waals surface area contributed by atoms with Crippen LogP contribution in [0.3, 0.4) is 0 Å². The zero-order valence-electron chi connectivity index (χ0n) is 13.6. The van der Waals surface area contributed by atoms with Crippen LogP contribution >= 0.6 is 27.9 Å². The van der Waals surface area contributed by atoms with E-state index in [4.69, 9.17) is 4.52 Å². The molecular weight excluding hydrogens is 384 g/mol. The zero-order chi connectivity index (χ0) is 16.1. The number of hydrogen-bond acceptors (Lipinski definition) is 4. The van der Waals surface area contributed by atoms with E-state index in [0.717, 1.165) is 22.5 Å². The predicted molar refractivity (Wildman–Crippen MR) is 102 cm³/mol. The first kappa shape index (κ1) is 15.3. The summed E-state index contributed by atoms with van der Waals surface area (Å²) in [5.41, 5.74) is 4.29. The molecule has 5 heteroatoms. The van der Waals surface area contributed by atoms with Crippen LogP contribution in [0.15, 0.2) is 27.2 Å². The van der Waals surface area contributed by atoms with E-state index in [1.54, 1.807) is 0 Å². The van der Waals surface area contributed by atoms with Crippen molar-refractivity contribution in [2.45, 2.75) is 62.0 Å². The van der Waals surface area contributed by atoms with E-state index in [1.807, 2.05) is 11.9 Å². The molecule has 5 rings (SSSR count). The largest absolute Gasteiger partial charge is 0.354 e. The Balaban J connectivity index is 1.45. The highest BCUT2D eigenvalue weighted by molar-refractivity contribution is 9.10. The van der Waals surface area contributed by atoms with E-state index in [-0.39, 0.29) is 0 Å². The van der Waals surface area contributed by atoms with Crippen LogP contribution in [0.25, 0.3) is 11.3 Å². The molecule has 0 saturated heterocycles. The Morgan fingerprint density at radius 1 is 1.21 bits per heavy atom. The van der Waals surface area contributed by atoms with Crippen LogP contribution in [0.4, 0.5) is 5.82 Å². The van der Waals surface area contributed by atoms with Gasteiger partial charge in [0.15, 0.2) is 11.6 Å². The first-order chi connectivity index (χ1) is 11.8. The lowest BCUT2D eigenvalue weighted by Crippen LogP contribution is -2.18. The average Bonchev–Trinajstić information content (AvgIpc) is 3.25. The van der Waals surface area contributed by atoms with Gasteiger partial charge in [-0.3, -0.25) is 0 Å². The molecule has 1 heterocycles. The Morgan fingerprint density at radius 3 is 2.83 bits per heavy atom. The summed E-state index contributed by atoms with van der Waals surface area (Å²) in [7, 11) is 0. The molecule has 0 bridgehead atoms. The van der Waals surface area contributed by atoms with Crippen molar-refractivity contribution in [2.24, 2.45) is 0 Å². The number of fused-ring (bicyclic) bond motifs is 4. The Morgan fingerprint density at radius 2 is 2.04 bits per heavy atom. The van der Waals surface area contributed by atoms with Gasteiger partial charge in [0.25, 0.3) is 0 Å². The van der Waals surface area contributed by atoms with Gasteiger partial charge in [-0.05, 0) is 61.7 Å². The smallest absolute Gasteiger partial charge is 0.183 e. The van der Waals surface area contributed by atoms with Crippen LogP contribution in [0.5, 0.6) is 0 Å². The Kier molecular flexibility index (Phi) is 3.71. The fourth-order valence-electron chi connectivity index (χ4n) is 4.28. The molecule has 1 spiro atoms. The van der Waals surface area contributed by atoms with Crippen LogP contribution < -0.4 is 4.72 Å². The Bertz CT molecular complexity index is 778. The van der Waals surface area contributed by atoms with Crippen LogP contribution in [0, 0.1) is 0 Å². The molecule has 3 nitrogen and oxygen atoms in total. The van der Waals surface area contributed by atoms with Crippen LogP contribution in [-0.4, -0.2) is 10.4 Å². The van der Waals surface area contributed by atoms with E-state index in [2.05, 4.69) is 44.0 Å². The average molecular weight is 405 g/mol. The van der Waals surface area contributed by atoms with Gasteiger partial charge in [-0.25, -0.2) is 0 Å². The van der Waals surface area contributed by atoms with Crippen molar-refractivity contribution in [1.82, 2.24) is 5.16 Å². The minimum absolute atomic E-state index is 0.334. The van der Waals surface area contributed by atoms with Gasteiger partial charge < -0.3 is 9.25 Å². The van der Waals surface area contributed by atoms with Crippen molar-refractivity contribution in [1.29, 1.82) is 0 Å². The summed E-state index contributed by atoms with van der Waals surface area (Å²) in [4.78, 5) is 0. The summed E-state index contributed by atoms with van der Waals surface area (Å²) in [6, 6.07) is 6.61. The molecule has 1 aromatic carbocycles. The summed E-state index contributed by atoms with van der Waals surface area (Å²) in [5, 5.41) is 5.10. The van der Waals surface area contributed by atoms with Gasteiger partial charge in [0.2, 0.25) is 0 Å². The summed E-state index contributed by atoms with van der Waals surface area (Å²) in [6.45, 7) is 0. The molecule has 3 aliphatic rings. The number of rotatable bonds is 3. The first-order valence-corrected chi connectivity index (χ1v) is 10.6. The number of benzene rings is 1. The number of halogens is 1. The van der Waals surface area contributed by atoms with Gasteiger partial charge in [-0.2, -0.15) is 0 Å². The number of aromatic nitrogens is 1. The van der Waals surface area contributed by atoms with E-state index in [9.17, 15) is 0 Å². The maximum atomic E-state index is 5.78. The van der Waals surface area contributed by atoms with Crippen molar-refractivity contribution in [3.8, 4) is 11.3 Å². The number of nitrogens with zero attached hydrogens (tertiary/aromatic N) is 1. The minimum Gasteiger partial charge on any atom is -0.354 e. The first-order valence-electron chi connectivity index (χ1n) is 8.96. The second-order valence-corrected chi connectivity index (χ2v) is 9.49. The predicted octanol–water partition coefficient (Wildman–Crippen LogP) is 6.08. The molecule has 24 heavy (non-hydrogen) atoms. The highest BCUT2D eigenvalue weighted by atomic mass is 79.9. The molecule has 0 unspecified atom stereocenters. The molecule has 0 aliphatic heterocycles. The number of anilines is 1. The molecule has 0 radical (unpaired) electrons. The van der Waals surface area contributed by atoms with E-state index >= 15 is 0 Å². The lowest BCUT2D eigenvalue weighted by molar-refractivity contribution is 0.431. The SMILES string of the molecule is Brc1ccc2c(c1)-c1onc(NSC3CCCCC3)c1CC21CC1. The van der Waals surface area contributed by atoms with E-state index < -0.39 is 0 Å². The van der Waals surface area contributed by atoms with Crippen molar-refractivity contribution in [2.75, 3.05) is 4.72 Å². The third kappa shape index (κ3) is 2.51. The van der Waals surface area contributed by atoms with Gasteiger partial charge in [-0.15, -0.1) is 0 Å². The lowest BCUT2D eigenvalue weighted by atomic mass is 9.79. The van der Waals surface area contributed by atoms with E-state index in [0.29, 0.717) is 10.7 Å². The van der Waals surface area contributed by atoms with Gasteiger partial charge in [0.1, 0.15) is 0 Å². The maximum absolute atomic E-state index is 5.78. The number of hydrogen-bond donors (Lipinski definition) is 1. The fraction of sp³-hybridized carbons (Fsp3) is 0.526. The van der Waals surface area contributed by atoms with E-state index in [1.165, 1.54) is 61.6 Å². The van der Waals surface area contributed by atoms with Gasteiger partial charge in [0.05, 0.1) is 0 Å². The van der Waals surface area contributed by atoms with Gasteiger partial charge in [-0.1, -0.05) is 46.4 Å². The van der Waals surface area contributed by atoms with Crippen LogP contribution in [0.2, 0.25) is 0 Å².